The van der Waals surface area contributed by atoms with Gasteiger partial charge < -0.3 is 9.30 Å². The molecule has 29 heavy (non-hydrogen) atoms. The summed E-state index contributed by atoms with van der Waals surface area (Å²) in [6, 6.07) is 20.5. The molecule has 0 radical (unpaired) electrons. The van der Waals surface area contributed by atoms with E-state index >= 15 is 0 Å². The van der Waals surface area contributed by atoms with Crippen LogP contribution in [0.4, 0.5) is 0 Å². The summed E-state index contributed by atoms with van der Waals surface area (Å²) < 4.78 is 8.06. The molecule has 0 aliphatic rings. The molecule has 1 unspecified atom stereocenters. The van der Waals surface area contributed by atoms with Crippen LogP contribution in [-0.4, -0.2) is 14.8 Å². The monoisotopic (exact) mass is 423 g/mol. The summed E-state index contributed by atoms with van der Waals surface area (Å²) >= 11 is 7.78. The van der Waals surface area contributed by atoms with E-state index in [-0.39, 0.29) is 6.10 Å². The standard InChI is InChI=1S/C23H22ClN3OS/c1-15-13-19(11-12-21(15)24)28-16(2)22-25-26-23(27(22)3)29-14-18-9-6-8-17-7-4-5-10-20(17)18/h4-13,16H,14H2,1-3H3. The molecule has 0 aliphatic heterocycles. The number of thioether (sulfide) groups is 1. The van der Waals surface area contributed by atoms with Crippen molar-refractivity contribution in [3.8, 4) is 5.75 Å². The van der Waals surface area contributed by atoms with Gasteiger partial charge in [-0.25, -0.2) is 0 Å². The zero-order valence-corrected chi connectivity index (χ0v) is 18.2. The maximum Gasteiger partial charge on any atom is 0.191 e. The molecular formula is C23H22ClN3OS. The summed E-state index contributed by atoms with van der Waals surface area (Å²) in [6.45, 7) is 3.94. The van der Waals surface area contributed by atoms with Crippen LogP contribution in [0.25, 0.3) is 10.8 Å². The van der Waals surface area contributed by atoms with Crippen LogP contribution in [-0.2, 0) is 12.8 Å². The van der Waals surface area contributed by atoms with Crippen LogP contribution in [0.3, 0.4) is 0 Å². The number of fused-ring (bicyclic) bond motifs is 1. The fraction of sp³-hybridized carbons (Fsp3) is 0.217. The summed E-state index contributed by atoms with van der Waals surface area (Å²) in [7, 11) is 1.98. The normalized spacial score (nSPS) is 12.3. The quantitative estimate of drug-likeness (QED) is 0.338. The van der Waals surface area contributed by atoms with Gasteiger partial charge in [-0.1, -0.05) is 65.8 Å². The number of aryl methyl sites for hydroxylation is 1. The first kappa shape index (κ1) is 19.8. The second kappa shape index (κ2) is 8.47. The first-order valence-electron chi connectivity index (χ1n) is 9.44. The Hall–Kier alpha value is -2.50. The van der Waals surface area contributed by atoms with Crippen LogP contribution in [0.2, 0.25) is 5.02 Å². The lowest BCUT2D eigenvalue weighted by molar-refractivity contribution is 0.211. The number of hydrogen-bond acceptors (Lipinski definition) is 4. The number of nitrogens with zero attached hydrogens (tertiary/aromatic N) is 3. The number of ether oxygens (including phenoxy) is 1. The van der Waals surface area contributed by atoms with Crippen LogP contribution in [0.5, 0.6) is 5.75 Å². The van der Waals surface area contributed by atoms with Gasteiger partial charge in [0.25, 0.3) is 0 Å². The molecule has 1 aromatic heterocycles. The van der Waals surface area contributed by atoms with Gasteiger partial charge in [0, 0.05) is 17.8 Å². The Morgan fingerprint density at radius 3 is 2.69 bits per heavy atom. The third-order valence-electron chi connectivity index (χ3n) is 4.91. The minimum atomic E-state index is -0.222. The lowest BCUT2D eigenvalue weighted by Gasteiger charge is -2.15. The number of hydrogen-bond donors (Lipinski definition) is 0. The predicted octanol–water partition coefficient (Wildman–Crippen LogP) is 6.36. The Bertz CT molecular complexity index is 1150. The van der Waals surface area contributed by atoms with Crippen molar-refractivity contribution < 1.29 is 4.74 Å². The summed E-state index contributed by atoms with van der Waals surface area (Å²) in [5.41, 5.74) is 2.28. The molecule has 1 heterocycles. The molecule has 0 fully saturated rings. The second-order valence-electron chi connectivity index (χ2n) is 7.00. The largest absolute Gasteiger partial charge is 0.483 e. The smallest absolute Gasteiger partial charge is 0.191 e. The van der Waals surface area contributed by atoms with Crippen molar-refractivity contribution in [2.75, 3.05) is 0 Å². The van der Waals surface area contributed by atoms with E-state index in [0.29, 0.717) is 0 Å². The summed E-state index contributed by atoms with van der Waals surface area (Å²) in [4.78, 5) is 0. The van der Waals surface area contributed by atoms with Crippen LogP contribution < -0.4 is 4.74 Å². The second-order valence-corrected chi connectivity index (χ2v) is 8.35. The highest BCUT2D eigenvalue weighted by Crippen LogP contribution is 2.29. The van der Waals surface area contributed by atoms with Gasteiger partial charge in [0.15, 0.2) is 17.1 Å². The van der Waals surface area contributed by atoms with Crippen molar-refractivity contribution in [2.45, 2.75) is 30.9 Å². The fourth-order valence-corrected chi connectivity index (χ4v) is 4.35. The molecule has 3 aromatic carbocycles. The Morgan fingerprint density at radius 2 is 1.86 bits per heavy atom. The highest BCUT2D eigenvalue weighted by atomic mass is 35.5. The predicted molar refractivity (Wildman–Crippen MR) is 120 cm³/mol. The molecule has 0 amide bonds. The van der Waals surface area contributed by atoms with Crippen molar-refractivity contribution >= 4 is 34.1 Å². The van der Waals surface area contributed by atoms with E-state index in [1.165, 1.54) is 16.3 Å². The van der Waals surface area contributed by atoms with Crippen LogP contribution in [0, 0.1) is 6.92 Å². The third-order valence-corrected chi connectivity index (χ3v) is 6.40. The van der Waals surface area contributed by atoms with E-state index in [1.807, 2.05) is 43.7 Å². The Morgan fingerprint density at radius 1 is 1.07 bits per heavy atom. The fourth-order valence-electron chi connectivity index (χ4n) is 3.31. The van der Waals surface area contributed by atoms with Crippen LogP contribution in [0.1, 0.15) is 30.0 Å². The highest BCUT2D eigenvalue weighted by Gasteiger charge is 2.18. The van der Waals surface area contributed by atoms with Crippen molar-refractivity contribution in [3.63, 3.8) is 0 Å². The van der Waals surface area contributed by atoms with Gasteiger partial charge in [0.1, 0.15) is 5.75 Å². The molecule has 0 saturated heterocycles. The maximum absolute atomic E-state index is 6.10. The molecule has 0 spiro atoms. The summed E-state index contributed by atoms with van der Waals surface area (Å²) in [5, 5.41) is 12.9. The lowest BCUT2D eigenvalue weighted by atomic mass is 10.1. The van der Waals surface area contributed by atoms with Crippen LogP contribution >= 0.6 is 23.4 Å². The number of benzene rings is 3. The Labute approximate surface area is 179 Å². The van der Waals surface area contributed by atoms with Gasteiger partial charge in [-0.15, -0.1) is 10.2 Å². The Balaban J connectivity index is 1.48. The first-order valence-corrected chi connectivity index (χ1v) is 10.8. The third kappa shape index (κ3) is 4.26. The van der Waals surface area contributed by atoms with Crippen molar-refractivity contribution in [1.82, 2.24) is 14.8 Å². The average molecular weight is 424 g/mol. The zero-order valence-electron chi connectivity index (χ0n) is 16.6. The van der Waals surface area contributed by atoms with E-state index in [2.05, 4.69) is 52.7 Å². The molecule has 4 rings (SSSR count). The molecule has 0 bridgehead atoms. The minimum absolute atomic E-state index is 0.222. The highest BCUT2D eigenvalue weighted by molar-refractivity contribution is 7.98. The molecular weight excluding hydrogens is 402 g/mol. The SMILES string of the molecule is Cc1cc(OC(C)c2nnc(SCc3cccc4ccccc34)n2C)ccc1Cl. The van der Waals surface area contributed by atoms with Gasteiger partial charge in [-0.3, -0.25) is 0 Å². The molecule has 148 valence electrons. The van der Waals surface area contributed by atoms with E-state index in [4.69, 9.17) is 16.3 Å². The summed E-state index contributed by atoms with van der Waals surface area (Å²) in [6.07, 6.45) is -0.222. The average Bonchev–Trinajstić information content (AvgIpc) is 3.09. The van der Waals surface area contributed by atoms with Crippen molar-refractivity contribution in [1.29, 1.82) is 0 Å². The van der Waals surface area contributed by atoms with Gasteiger partial charge in [0.2, 0.25) is 0 Å². The van der Waals surface area contributed by atoms with Crippen LogP contribution in [0.15, 0.2) is 65.8 Å². The number of aromatic nitrogens is 3. The molecule has 1 atom stereocenters. The number of rotatable bonds is 6. The molecule has 0 aliphatic carbocycles. The molecule has 4 nitrogen and oxygen atoms in total. The molecule has 6 heteroatoms. The van der Waals surface area contributed by atoms with Gasteiger partial charge >= 0.3 is 0 Å². The molecule has 0 saturated carbocycles. The van der Waals surface area contributed by atoms with E-state index in [1.54, 1.807) is 11.8 Å². The van der Waals surface area contributed by atoms with Crippen molar-refractivity contribution in [3.05, 3.63) is 82.6 Å². The first-order chi connectivity index (χ1) is 14.0. The van der Waals surface area contributed by atoms with E-state index < -0.39 is 0 Å². The lowest BCUT2D eigenvalue weighted by Crippen LogP contribution is -2.10. The minimum Gasteiger partial charge on any atom is -0.483 e. The van der Waals surface area contributed by atoms with Crippen molar-refractivity contribution in [2.24, 2.45) is 7.05 Å². The molecule has 4 aromatic rings. The number of halogens is 1. The van der Waals surface area contributed by atoms with E-state index in [0.717, 1.165) is 33.1 Å². The van der Waals surface area contributed by atoms with Gasteiger partial charge in [-0.05, 0) is 53.9 Å². The maximum atomic E-state index is 6.10. The molecule has 0 N–H and O–H groups in total. The summed E-state index contributed by atoms with van der Waals surface area (Å²) in [5.74, 6) is 2.39. The zero-order chi connectivity index (χ0) is 20.4. The van der Waals surface area contributed by atoms with Gasteiger partial charge in [-0.2, -0.15) is 0 Å². The van der Waals surface area contributed by atoms with Gasteiger partial charge in [0.05, 0.1) is 0 Å². The topological polar surface area (TPSA) is 39.9 Å². The Kier molecular flexibility index (Phi) is 5.79. The van der Waals surface area contributed by atoms with E-state index in [9.17, 15) is 0 Å².